The zero-order valence-corrected chi connectivity index (χ0v) is 12.9. The first-order chi connectivity index (χ1) is 11.1. The summed E-state index contributed by atoms with van der Waals surface area (Å²) in [4.78, 5) is 18.4. The molecule has 1 aromatic carbocycles. The largest absolute Gasteiger partial charge is 0.480 e. The molecule has 0 aliphatic carbocycles. The molecule has 2 unspecified atom stereocenters. The minimum Gasteiger partial charge on any atom is -0.480 e. The van der Waals surface area contributed by atoms with E-state index in [4.69, 9.17) is 11.6 Å². The molecule has 0 bridgehead atoms. The van der Waals surface area contributed by atoms with Crippen molar-refractivity contribution >= 4 is 23.3 Å². The Morgan fingerprint density at radius 1 is 1.43 bits per heavy atom. The fourth-order valence-corrected chi connectivity index (χ4v) is 2.62. The summed E-state index contributed by atoms with van der Waals surface area (Å²) in [5.74, 6) is -0.915. The first-order valence-electron chi connectivity index (χ1n) is 7.16. The van der Waals surface area contributed by atoms with Gasteiger partial charge in [0.1, 0.15) is 6.04 Å². The summed E-state index contributed by atoms with van der Waals surface area (Å²) in [6.45, 7) is 0.532. The Bertz CT molecular complexity index is 699. The topological polar surface area (TPSA) is 102 Å². The van der Waals surface area contributed by atoms with E-state index in [0.717, 1.165) is 17.0 Å². The molecule has 2 heterocycles. The molecular weight excluding hydrogens is 318 g/mol. The second kappa shape index (κ2) is 6.80. The molecule has 8 heteroatoms. The summed E-state index contributed by atoms with van der Waals surface area (Å²) in [6, 6.07) is 6.38. The highest BCUT2D eigenvalue weighted by atomic mass is 35.5. The SMILES string of the molecule is O=C(O)C(Cc1cnc[nH]1)NC1CNN=C1c1ccc(Cl)cc1. The minimum atomic E-state index is -0.915. The van der Waals surface area contributed by atoms with Crippen LogP contribution in [0.3, 0.4) is 0 Å². The van der Waals surface area contributed by atoms with Gasteiger partial charge >= 0.3 is 5.97 Å². The molecule has 1 aliphatic heterocycles. The lowest BCUT2D eigenvalue weighted by Crippen LogP contribution is -2.49. The Hall–Kier alpha value is -2.38. The molecule has 4 N–H and O–H groups in total. The Morgan fingerprint density at radius 2 is 2.22 bits per heavy atom. The van der Waals surface area contributed by atoms with Gasteiger partial charge in [0.05, 0.1) is 24.6 Å². The van der Waals surface area contributed by atoms with E-state index in [1.54, 1.807) is 18.3 Å². The maximum Gasteiger partial charge on any atom is 0.321 e. The number of carboxylic acids is 1. The predicted molar refractivity (Wildman–Crippen MR) is 86.6 cm³/mol. The van der Waals surface area contributed by atoms with Crippen molar-refractivity contribution in [3.8, 4) is 0 Å². The van der Waals surface area contributed by atoms with Gasteiger partial charge in [-0.3, -0.25) is 10.1 Å². The predicted octanol–water partition coefficient (Wildman–Crippen LogP) is 1.02. The minimum absolute atomic E-state index is 0.194. The fourth-order valence-electron chi connectivity index (χ4n) is 2.50. The third-order valence-electron chi connectivity index (χ3n) is 3.64. The molecule has 0 saturated heterocycles. The second-order valence-corrected chi connectivity index (χ2v) is 5.69. The molecule has 120 valence electrons. The molecule has 0 amide bonds. The van der Waals surface area contributed by atoms with Crippen LogP contribution in [0.5, 0.6) is 0 Å². The number of halogens is 1. The molecule has 1 aliphatic rings. The number of aromatic amines is 1. The summed E-state index contributed by atoms with van der Waals surface area (Å²) in [7, 11) is 0. The first-order valence-corrected chi connectivity index (χ1v) is 7.54. The Kier molecular flexibility index (Phi) is 4.59. The third-order valence-corrected chi connectivity index (χ3v) is 3.90. The van der Waals surface area contributed by atoms with E-state index in [1.165, 1.54) is 6.33 Å². The monoisotopic (exact) mass is 333 g/mol. The molecule has 3 rings (SSSR count). The number of rotatable bonds is 6. The van der Waals surface area contributed by atoms with Gasteiger partial charge in [0, 0.05) is 23.3 Å². The quantitative estimate of drug-likeness (QED) is 0.632. The normalized spacial score (nSPS) is 18.3. The van der Waals surface area contributed by atoms with Crippen molar-refractivity contribution in [2.75, 3.05) is 6.54 Å². The summed E-state index contributed by atoms with van der Waals surface area (Å²) >= 11 is 5.90. The van der Waals surface area contributed by atoms with Gasteiger partial charge in [-0.2, -0.15) is 5.10 Å². The van der Waals surface area contributed by atoms with E-state index in [9.17, 15) is 9.90 Å². The lowest BCUT2D eigenvalue weighted by atomic mass is 10.0. The number of H-pyrrole nitrogens is 1. The smallest absolute Gasteiger partial charge is 0.321 e. The van der Waals surface area contributed by atoms with Gasteiger partial charge < -0.3 is 15.5 Å². The number of hydrogen-bond acceptors (Lipinski definition) is 5. The number of nitrogens with one attached hydrogen (secondary N) is 3. The number of aromatic nitrogens is 2. The number of imidazole rings is 1. The summed E-state index contributed by atoms with van der Waals surface area (Å²) in [6.07, 6.45) is 3.48. The van der Waals surface area contributed by atoms with Crippen LogP contribution in [0.4, 0.5) is 0 Å². The molecule has 7 nitrogen and oxygen atoms in total. The van der Waals surface area contributed by atoms with Crippen molar-refractivity contribution in [2.45, 2.75) is 18.5 Å². The maximum absolute atomic E-state index is 11.5. The van der Waals surface area contributed by atoms with E-state index < -0.39 is 12.0 Å². The van der Waals surface area contributed by atoms with Crippen molar-refractivity contribution in [1.29, 1.82) is 0 Å². The first kappa shape index (κ1) is 15.5. The molecule has 23 heavy (non-hydrogen) atoms. The van der Waals surface area contributed by atoms with Crippen LogP contribution >= 0.6 is 11.6 Å². The molecule has 0 fully saturated rings. The van der Waals surface area contributed by atoms with Crippen molar-refractivity contribution in [3.05, 3.63) is 53.1 Å². The van der Waals surface area contributed by atoms with Crippen LogP contribution in [0, 0.1) is 0 Å². The average molecular weight is 334 g/mol. The Labute approximate surface area is 137 Å². The van der Waals surface area contributed by atoms with E-state index in [1.807, 2.05) is 12.1 Å². The zero-order chi connectivity index (χ0) is 16.2. The van der Waals surface area contributed by atoms with Crippen LogP contribution in [0.1, 0.15) is 11.3 Å². The molecule has 0 spiro atoms. The molecular formula is C15H16ClN5O2. The number of hydrazone groups is 1. The number of hydrogen-bond donors (Lipinski definition) is 4. The van der Waals surface area contributed by atoms with E-state index in [-0.39, 0.29) is 6.04 Å². The highest BCUT2D eigenvalue weighted by Gasteiger charge is 2.28. The van der Waals surface area contributed by atoms with Gasteiger partial charge in [0.15, 0.2) is 0 Å². The number of aliphatic carboxylic acids is 1. The highest BCUT2D eigenvalue weighted by Crippen LogP contribution is 2.14. The molecule has 2 atom stereocenters. The lowest BCUT2D eigenvalue weighted by molar-refractivity contribution is -0.139. The Balaban J connectivity index is 1.73. The number of carboxylic acid groups (broad SMARTS) is 1. The zero-order valence-electron chi connectivity index (χ0n) is 12.2. The van der Waals surface area contributed by atoms with Gasteiger partial charge in [0.2, 0.25) is 0 Å². The van der Waals surface area contributed by atoms with Crippen molar-refractivity contribution < 1.29 is 9.90 Å². The third kappa shape index (κ3) is 3.69. The highest BCUT2D eigenvalue weighted by molar-refractivity contribution is 6.30. The standard InChI is InChI=1S/C15H16ClN5O2/c16-10-3-1-9(2-4-10)14-13(7-19-21-14)20-12(15(22)23)5-11-6-17-8-18-11/h1-4,6,8,12-13,19-20H,5,7H2,(H,17,18)(H,22,23). The summed E-state index contributed by atoms with van der Waals surface area (Å²) in [5, 5.41) is 17.5. The molecule has 1 aromatic heterocycles. The van der Waals surface area contributed by atoms with Crippen LogP contribution in [-0.4, -0.2) is 45.4 Å². The van der Waals surface area contributed by atoms with Crippen molar-refractivity contribution in [2.24, 2.45) is 5.10 Å². The van der Waals surface area contributed by atoms with Gasteiger partial charge in [-0.15, -0.1) is 0 Å². The average Bonchev–Trinajstić information content (AvgIpc) is 3.19. The van der Waals surface area contributed by atoms with Gasteiger partial charge in [-0.25, -0.2) is 4.98 Å². The van der Waals surface area contributed by atoms with E-state index in [0.29, 0.717) is 18.0 Å². The van der Waals surface area contributed by atoms with Crippen LogP contribution in [0.25, 0.3) is 0 Å². The van der Waals surface area contributed by atoms with Crippen LogP contribution in [0.2, 0.25) is 5.02 Å². The van der Waals surface area contributed by atoms with E-state index in [2.05, 4.69) is 25.8 Å². The summed E-state index contributed by atoms with van der Waals surface area (Å²) < 4.78 is 0. The van der Waals surface area contributed by atoms with Gasteiger partial charge in [-0.05, 0) is 17.7 Å². The molecule has 0 radical (unpaired) electrons. The molecule has 0 saturated carbocycles. The van der Waals surface area contributed by atoms with Crippen molar-refractivity contribution in [1.82, 2.24) is 20.7 Å². The number of carbonyl (C=O) groups is 1. The Morgan fingerprint density at radius 3 is 2.87 bits per heavy atom. The van der Waals surface area contributed by atoms with Crippen molar-refractivity contribution in [3.63, 3.8) is 0 Å². The van der Waals surface area contributed by atoms with Gasteiger partial charge in [-0.1, -0.05) is 23.7 Å². The summed E-state index contributed by atoms with van der Waals surface area (Å²) in [5.41, 5.74) is 5.36. The lowest BCUT2D eigenvalue weighted by Gasteiger charge is -2.20. The van der Waals surface area contributed by atoms with Crippen LogP contribution in [0.15, 0.2) is 41.9 Å². The fraction of sp³-hybridized carbons (Fsp3) is 0.267. The number of benzene rings is 1. The van der Waals surface area contributed by atoms with Crippen LogP contribution in [-0.2, 0) is 11.2 Å². The molecule has 2 aromatic rings. The van der Waals surface area contributed by atoms with Gasteiger partial charge in [0.25, 0.3) is 0 Å². The second-order valence-electron chi connectivity index (χ2n) is 5.26. The van der Waals surface area contributed by atoms with Crippen LogP contribution < -0.4 is 10.7 Å². The van der Waals surface area contributed by atoms with E-state index >= 15 is 0 Å². The number of nitrogens with zero attached hydrogens (tertiary/aromatic N) is 2. The maximum atomic E-state index is 11.5.